The van der Waals surface area contributed by atoms with Crippen LogP contribution in [0.5, 0.6) is 11.5 Å². The topological polar surface area (TPSA) is 98.9 Å². The Morgan fingerprint density at radius 1 is 1.27 bits per heavy atom. The van der Waals surface area contributed by atoms with Gasteiger partial charge in [0.1, 0.15) is 19.0 Å². The van der Waals surface area contributed by atoms with Crippen LogP contribution < -0.4 is 15.2 Å². The molecule has 1 aliphatic rings. The minimum Gasteiger partial charge on any atom is -0.493 e. The van der Waals surface area contributed by atoms with Gasteiger partial charge in [-0.2, -0.15) is 0 Å². The second-order valence-corrected chi connectivity index (χ2v) is 7.53. The molecule has 0 atom stereocenters. The summed E-state index contributed by atoms with van der Waals surface area (Å²) in [6.45, 7) is -0.622. The third-order valence-corrected chi connectivity index (χ3v) is 5.37. The number of methoxy groups -OCH3 is 1. The average molecular weight is 451 g/mol. The van der Waals surface area contributed by atoms with E-state index in [2.05, 4.69) is 0 Å². The van der Waals surface area contributed by atoms with Gasteiger partial charge in [-0.3, -0.25) is 19.3 Å². The standard InChI is InChI=1S/C20H16ClFN2O5S/c1-28-15-6-5-11(8-17-19(26)24(9-18(23)25)20(27)30-17)7-16(15)29-10-12-13(21)3-2-4-14(12)22/h2-8H,9-10H2,1H3,(H2,23,25)/b17-8-. The van der Waals surface area contributed by atoms with E-state index in [1.165, 1.54) is 25.3 Å². The van der Waals surface area contributed by atoms with E-state index in [1.807, 2.05) is 0 Å². The van der Waals surface area contributed by atoms with Crippen LogP contribution in [0, 0.1) is 5.82 Å². The number of thioether (sulfide) groups is 1. The number of nitrogens with two attached hydrogens (primary N) is 1. The lowest BCUT2D eigenvalue weighted by molar-refractivity contribution is -0.127. The zero-order chi connectivity index (χ0) is 21.8. The molecule has 7 nitrogen and oxygen atoms in total. The summed E-state index contributed by atoms with van der Waals surface area (Å²) in [5.74, 6) is -1.21. The third-order valence-electron chi connectivity index (χ3n) is 4.11. The monoisotopic (exact) mass is 450 g/mol. The maximum absolute atomic E-state index is 14.0. The third kappa shape index (κ3) is 4.74. The van der Waals surface area contributed by atoms with Crippen molar-refractivity contribution in [3.8, 4) is 11.5 Å². The fourth-order valence-corrected chi connectivity index (χ4v) is 3.72. The molecule has 10 heteroatoms. The fourth-order valence-electron chi connectivity index (χ4n) is 2.66. The number of primary amides is 1. The van der Waals surface area contributed by atoms with Gasteiger partial charge in [-0.05, 0) is 47.7 Å². The molecular formula is C20H16ClFN2O5S. The van der Waals surface area contributed by atoms with Crippen molar-refractivity contribution in [3.63, 3.8) is 0 Å². The Balaban J connectivity index is 1.84. The summed E-state index contributed by atoms with van der Waals surface area (Å²) in [4.78, 5) is 36.2. The van der Waals surface area contributed by atoms with E-state index < -0.39 is 29.4 Å². The number of amides is 3. The van der Waals surface area contributed by atoms with Crippen LogP contribution in [0.1, 0.15) is 11.1 Å². The highest BCUT2D eigenvalue weighted by Crippen LogP contribution is 2.35. The molecule has 0 aliphatic carbocycles. The van der Waals surface area contributed by atoms with Crippen LogP contribution in [-0.4, -0.2) is 35.6 Å². The van der Waals surface area contributed by atoms with E-state index in [0.29, 0.717) is 28.8 Å². The van der Waals surface area contributed by atoms with Crippen molar-refractivity contribution in [1.29, 1.82) is 0 Å². The number of ether oxygens (including phenoxy) is 2. The smallest absolute Gasteiger partial charge is 0.294 e. The van der Waals surface area contributed by atoms with Crippen LogP contribution in [0.3, 0.4) is 0 Å². The molecule has 0 bridgehead atoms. The predicted octanol–water partition coefficient (Wildman–Crippen LogP) is 3.59. The average Bonchev–Trinajstić information content (AvgIpc) is 2.95. The first-order chi connectivity index (χ1) is 14.3. The van der Waals surface area contributed by atoms with Crippen LogP contribution in [0.4, 0.5) is 9.18 Å². The highest BCUT2D eigenvalue weighted by atomic mass is 35.5. The number of imide groups is 1. The van der Waals surface area contributed by atoms with Gasteiger partial charge < -0.3 is 15.2 Å². The van der Waals surface area contributed by atoms with E-state index in [1.54, 1.807) is 24.3 Å². The summed E-state index contributed by atoms with van der Waals surface area (Å²) < 4.78 is 24.9. The molecule has 0 unspecified atom stereocenters. The molecule has 1 aliphatic heterocycles. The molecule has 2 aromatic carbocycles. The Labute approximate surface area is 180 Å². The van der Waals surface area contributed by atoms with Gasteiger partial charge in [0, 0.05) is 5.56 Å². The Morgan fingerprint density at radius 2 is 2.03 bits per heavy atom. The molecule has 0 radical (unpaired) electrons. The molecule has 3 rings (SSSR count). The first-order valence-corrected chi connectivity index (χ1v) is 9.77. The van der Waals surface area contributed by atoms with Gasteiger partial charge in [-0.25, -0.2) is 4.39 Å². The Hall–Kier alpha value is -3.04. The zero-order valence-corrected chi connectivity index (χ0v) is 17.3. The van der Waals surface area contributed by atoms with E-state index in [9.17, 15) is 18.8 Å². The van der Waals surface area contributed by atoms with Crippen molar-refractivity contribution >= 4 is 46.5 Å². The number of carbonyl (C=O) groups is 3. The second-order valence-electron chi connectivity index (χ2n) is 6.13. The van der Waals surface area contributed by atoms with Gasteiger partial charge in [0.05, 0.1) is 17.0 Å². The minimum absolute atomic E-state index is 0.134. The number of rotatable bonds is 7. The van der Waals surface area contributed by atoms with Crippen LogP contribution >= 0.6 is 23.4 Å². The summed E-state index contributed by atoms with van der Waals surface area (Å²) in [5.41, 5.74) is 5.80. The minimum atomic E-state index is -0.787. The van der Waals surface area contributed by atoms with Gasteiger partial charge in [0.15, 0.2) is 11.5 Å². The van der Waals surface area contributed by atoms with E-state index in [4.69, 9.17) is 26.8 Å². The summed E-state index contributed by atoms with van der Waals surface area (Å²) >= 11 is 6.72. The molecule has 3 amide bonds. The van der Waals surface area contributed by atoms with Crippen molar-refractivity contribution < 1.29 is 28.2 Å². The lowest BCUT2D eigenvalue weighted by Gasteiger charge is -2.13. The number of nitrogens with zero attached hydrogens (tertiary/aromatic N) is 1. The number of hydrogen-bond donors (Lipinski definition) is 1. The van der Waals surface area contributed by atoms with Gasteiger partial charge in [0.25, 0.3) is 11.1 Å². The van der Waals surface area contributed by atoms with Gasteiger partial charge in [0.2, 0.25) is 5.91 Å². The predicted molar refractivity (Wildman–Crippen MR) is 111 cm³/mol. The van der Waals surface area contributed by atoms with Gasteiger partial charge in [-0.15, -0.1) is 0 Å². The van der Waals surface area contributed by atoms with Gasteiger partial charge >= 0.3 is 0 Å². The first kappa shape index (κ1) is 21.7. The number of benzene rings is 2. The highest BCUT2D eigenvalue weighted by Gasteiger charge is 2.35. The molecule has 0 aromatic heterocycles. The van der Waals surface area contributed by atoms with Crippen LogP contribution in [0.15, 0.2) is 41.3 Å². The Kier molecular flexibility index (Phi) is 6.63. The summed E-state index contributed by atoms with van der Waals surface area (Å²) in [5, 5.41) is -0.350. The van der Waals surface area contributed by atoms with E-state index in [0.717, 1.165) is 4.90 Å². The van der Waals surface area contributed by atoms with Crippen molar-refractivity contribution in [3.05, 3.63) is 63.3 Å². The molecule has 1 fully saturated rings. The van der Waals surface area contributed by atoms with Gasteiger partial charge in [-0.1, -0.05) is 23.7 Å². The van der Waals surface area contributed by atoms with Crippen molar-refractivity contribution in [2.75, 3.05) is 13.7 Å². The molecule has 30 heavy (non-hydrogen) atoms. The number of hydrogen-bond acceptors (Lipinski definition) is 6. The Morgan fingerprint density at radius 3 is 2.70 bits per heavy atom. The van der Waals surface area contributed by atoms with Crippen molar-refractivity contribution in [2.45, 2.75) is 6.61 Å². The van der Waals surface area contributed by atoms with E-state index >= 15 is 0 Å². The normalized spacial score (nSPS) is 15.0. The van der Waals surface area contributed by atoms with Crippen molar-refractivity contribution in [1.82, 2.24) is 4.90 Å². The lowest BCUT2D eigenvalue weighted by atomic mass is 10.1. The molecule has 0 spiro atoms. The van der Waals surface area contributed by atoms with Crippen LogP contribution in [0.2, 0.25) is 5.02 Å². The summed E-state index contributed by atoms with van der Waals surface area (Å²) in [6, 6.07) is 9.17. The maximum atomic E-state index is 14.0. The SMILES string of the molecule is COc1ccc(/C=C2\SC(=O)N(CC(N)=O)C2=O)cc1OCc1c(F)cccc1Cl. The first-order valence-electron chi connectivity index (χ1n) is 8.57. The number of halogens is 2. The van der Waals surface area contributed by atoms with E-state index in [-0.39, 0.29) is 22.1 Å². The molecule has 2 N–H and O–H groups in total. The van der Waals surface area contributed by atoms with Crippen molar-refractivity contribution in [2.24, 2.45) is 5.73 Å². The molecule has 1 saturated heterocycles. The fraction of sp³-hybridized carbons (Fsp3) is 0.150. The summed E-state index contributed by atoms with van der Waals surface area (Å²) in [6.07, 6.45) is 1.48. The quantitative estimate of drug-likeness (QED) is 0.647. The lowest BCUT2D eigenvalue weighted by Crippen LogP contribution is -2.36. The molecule has 1 heterocycles. The highest BCUT2D eigenvalue weighted by molar-refractivity contribution is 8.18. The van der Waals surface area contributed by atoms with Crippen LogP contribution in [-0.2, 0) is 16.2 Å². The largest absolute Gasteiger partial charge is 0.493 e. The molecule has 0 saturated carbocycles. The zero-order valence-electron chi connectivity index (χ0n) is 15.7. The summed E-state index contributed by atoms with van der Waals surface area (Å²) in [7, 11) is 1.45. The molecular weight excluding hydrogens is 435 g/mol. The maximum Gasteiger partial charge on any atom is 0.294 e. The molecule has 156 valence electrons. The second kappa shape index (κ2) is 9.19. The Bertz CT molecular complexity index is 1040. The molecule has 2 aromatic rings. The number of carbonyl (C=O) groups excluding carboxylic acids is 3. The van der Waals surface area contributed by atoms with Crippen LogP contribution in [0.25, 0.3) is 6.08 Å².